The summed E-state index contributed by atoms with van der Waals surface area (Å²) in [5.41, 5.74) is 0.647. The molecule has 1 aliphatic heterocycles. The van der Waals surface area contributed by atoms with E-state index in [-0.39, 0.29) is 5.91 Å². The van der Waals surface area contributed by atoms with Gasteiger partial charge in [-0.1, -0.05) is 30.3 Å². The minimum atomic E-state index is -0.662. The van der Waals surface area contributed by atoms with E-state index in [4.69, 9.17) is 0 Å². The molecule has 1 aliphatic rings. The van der Waals surface area contributed by atoms with Crippen LogP contribution in [0.1, 0.15) is 12.5 Å². The molecule has 0 aromatic heterocycles. The van der Waals surface area contributed by atoms with E-state index in [9.17, 15) is 9.90 Å². The summed E-state index contributed by atoms with van der Waals surface area (Å²) in [6.07, 6.45) is 0.997. The molecule has 1 aromatic carbocycles. The van der Waals surface area contributed by atoms with E-state index >= 15 is 0 Å². The Morgan fingerprint density at radius 1 is 1.39 bits per heavy atom. The van der Waals surface area contributed by atoms with Crippen molar-refractivity contribution in [3.63, 3.8) is 0 Å². The molecule has 1 amide bonds. The number of hydrogen-bond donors (Lipinski definition) is 1. The largest absolute Gasteiger partial charge is 0.386 e. The van der Waals surface area contributed by atoms with Gasteiger partial charge in [0.1, 0.15) is 0 Å². The van der Waals surface area contributed by atoms with Crippen LogP contribution in [0.15, 0.2) is 30.3 Å². The zero-order valence-corrected chi connectivity index (χ0v) is 11.4. The number of thioether (sulfide) groups is 1. The van der Waals surface area contributed by atoms with Crippen LogP contribution < -0.4 is 0 Å². The molecule has 0 aliphatic carbocycles. The maximum absolute atomic E-state index is 11.7. The summed E-state index contributed by atoms with van der Waals surface area (Å²) in [4.78, 5) is 13.4. The number of nitrogens with zero attached hydrogens (tertiary/aromatic N) is 1. The van der Waals surface area contributed by atoms with Crippen LogP contribution in [0.5, 0.6) is 0 Å². The first kappa shape index (κ1) is 13.4. The number of carbonyl (C=O) groups excluding carboxylic acids is 1. The zero-order valence-electron chi connectivity index (χ0n) is 10.6. The van der Waals surface area contributed by atoms with E-state index in [1.807, 2.05) is 18.2 Å². The van der Waals surface area contributed by atoms with Crippen LogP contribution >= 0.6 is 11.8 Å². The molecule has 0 atom stereocenters. The van der Waals surface area contributed by atoms with Gasteiger partial charge in [-0.2, -0.15) is 11.8 Å². The summed E-state index contributed by atoms with van der Waals surface area (Å²) in [5, 5.41) is 9.55. The second kappa shape index (κ2) is 5.76. The molecule has 4 heteroatoms. The van der Waals surface area contributed by atoms with E-state index in [1.54, 1.807) is 23.6 Å². The summed E-state index contributed by atoms with van der Waals surface area (Å²) in [6.45, 7) is 2.72. The van der Waals surface area contributed by atoms with Gasteiger partial charge in [0.25, 0.3) is 0 Å². The highest BCUT2D eigenvalue weighted by Gasteiger charge is 2.38. The van der Waals surface area contributed by atoms with Crippen LogP contribution in [-0.2, 0) is 11.2 Å². The lowest BCUT2D eigenvalue weighted by Crippen LogP contribution is -2.62. The highest BCUT2D eigenvalue weighted by Crippen LogP contribution is 2.20. The van der Waals surface area contributed by atoms with E-state index in [1.165, 1.54) is 5.56 Å². The Morgan fingerprint density at radius 3 is 2.67 bits per heavy atom. The molecule has 1 N–H and O–H groups in total. The average Bonchev–Trinajstić information content (AvgIpc) is 2.32. The predicted molar refractivity (Wildman–Crippen MR) is 74.7 cm³/mol. The van der Waals surface area contributed by atoms with Crippen molar-refractivity contribution in [2.75, 3.05) is 24.6 Å². The van der Waals surface area contributed by atoms with Crippen molar-refractivity contribution in [3.8, 4) is 0 Å². The number of carbonyl (C=O) groups is 1. The second-order valence-corrected chi connectivity index (χ2v) is 6.14. The molecule has 1 heterocycles. The molecule has 0 unspecified atom stereocenters. The Labute approximate surface area is 112 Å². The quantitative estimate of drug-likeness (QED) is 0.821. The standard InChI is InChI=1S/C14H19NO2S/c1-14(17)10-15(11-14)13(16)9-18-8-7-12-5-3-2-4-6-12/h2-6,17H,7-11H2,1H3. The lowest BCUT2D eigenvalue weighted by Gasteiger charge is -2.44. The van der Waals surface area contributed by atoms with Crippen molar-refractivity contribution in [2.45, 2.75) is 18.9 Å². The van der Waals surface area contributed by atoms with Crippen LogP contribution in [0.2, 0.25) is 0 Å². The predicted octanol–water partition coefficient (Wildman–Crippen LogP) is 1.56. The van der Waals surface area contributed by atoms with Gasteiger partial charge in [0, 0.05) is 0 Å². The molecular formula is C14H19NO2S. The van der Waals surface area contributed by atoms with Crippen LogP contribution in [0.4, 0.5) is 0 Å². The van der Waals surface area contributed by atoms with E-state index < -0.39 is 5.60 Å². The van der Waals surface area contributed by atoms with Gasteiger partial charge in [-0.05, 0) is 24.7 Å². The summed E-state index contributed by atoms with van der Waals surface area (Å²) in [6, 6.07) is 10.3. The van der Waals surface area contributed by atoms with Crippen LogP contribution in [0, 0.1) is 0 Å². The Kier molecular flexibility index (Phi) is 4.30. The first-order valence-corrected chi connectivity index (χ1v) is 7.34. The number of benzene rings is 1. The number of rotatable bonds is 5. The molecule has 1 saturated heterocycles. The van der Waals surface area contributed by atoms with Gasteiger partial charge in [-0.25, -0.2) is 0 Å². The molecule has 3 nitrogen and oxygen atoms in total. The number of β-amino-alcohol motifs (C(OH)–C–C–N with tert-alkyl or cyclic N) is 1. The van der Waals surface area contributed by atoms with Gasteiger partial charge in [0.2, 0.25) is 5.91 Å². The average molecular weight is 265 g/mol. The van der Waals surface area contributed by atoms with Crippen molar-refractivity contribution in [3.05, 3.63) is 35.9 Å². The monoisotopic (exact) mass is 265 g/mol. The van der Waals surface area contributed by atoms with Crippen molar-refractivity contribution in [1.82, 2.24) is 4.90 Å². The van der Waals surface area contributed by atoms with E-state index in [0.717, 1.165) is 12.2 Å². The summed E-state index contributed by atoms with van der Waals surface area (Å²) < 4.78 is 0. The first-order chi connectivity index (χ1) is 8.57. The van der Waals surface area contributed by atoms with Crippen molar-refractivity contribution in [2.24, 2.45) is 0 Å². The molecule has 0 spiro atoms. The maximum Gasteiger partial charge on any atom is 0.232 e. The number of aliphatic hydroxyl groups is 1. The third-order valence-electron chi connectivity index (χ3n) is 3.02. The third kappa shape index (κ3) is 3.75. The van der Waals surface area contributed by atoms with Crippen LogP contribution in [-0.4, -0.2) is 46.1 Å². The SMILES string of the molecule is CC1(O)CN(C(=O)CSCCc2ccccc2)C1. The van der Waals surface area contributed by atoms with Gasteiger partial charge in [0.05, 0.1) is 24.4 Å². The number of hydrogen-bond acceptors (Lipinski definition) is 3. The highest BCUT2D eigenvalue weighted by atomic mass is 32.2. The van der Waals surface area contributed by atoms with Crippen molar-refractivity contribution < 1.29 is 9.90 Å². The van der Waals surface area contributed by atoms with Crippen LogP contribution in [0.3, 0.4) is 0 Å². The highest BCUT2D eigenvalue weighted by molar-refractivity contribution is 7.99. The van der Waals surface area contributed by atoms with Gasteiger partial charge in [-0.3, -0.25) is 4.79 Å². The smallest absolute Gasteiger partial charge is 0.232 e. The Hall–Kier alpha value is -1.00. The zero-order chi connectivity index (χ0) is 13.0. The number of likely N-dealkylation sites (tertiary alicyclic amines) is 1. The van der Waals surface area contributed by atoms with Gasteiger partial charge in [-0.15, -0.1) is 0 Å². The molecule has 0 radical (unpaired) electrons. The molecule has 1 aromatic rings. The second-order valence-electron chi connectivity index (χ2n) is 5.03. The lowest BCUT2D eigenvalue weighted by atomic mass is 9.97. The number of aryl methyl sites for hydroxylation is 1. The topological polar surface area (TPSA) is 40.5 Å². The fourth-order valence-electron chi connectivity index (χ4n) is 2.04. The Bertz CT molecular complexity index is 398. The normalized spacial score (nSPS) is 17.3. The lowest BCUT2D eigenvalue weighted by molar-refractivity contribution is -0.149. The third-order valence-corrected chi connectivity index (χ3v) is 3.96. The first-order valence-electron chi connectivity index (χ1n) is 6.19. The molecular weight excluding hydrogens is 246 g/mol. The van der Waals surface area contributed by atoms with Gasteiger partial charge in [0.15, 0.2) is 0 Å². The summed E-state index contributed by atoms with van der Waals surface area (Å²) in [5.74, 6) is 1.61. The maximum atomic E-state index is 11.7. The minimum absolute atomic E-state index is 0.139. The summed E-state index contributed by atoms with van der Waals surface area (Å²) >= 11 is 1.66. The minimum Gasteiger partial charge on any atom is -0.386 e. The van der Waals surface area contributed by atoms with Crippen LogP contribution in [0.25, 0.3) is 0 Å². The van der Waals surface area contributed by atoms with Gasteiger partial charge >= 0.3 is 0 Å². The van der Waals surface area contributed by atoms with Gasteiger partial charge < -0.3 is 10.0 Å². The van der Waals surface area contributed by atoms with E-state index in [0.29, 0.717) is 18.8 Å². The van der Waals surface area contributed by atoms with Crippen molar-refractivity contribution in [1.29, 1.82) is 0 Å². The molecule has 0 bridgehead atoms. The van der Waals surface area contributed by atoms with Crippen molar-refractivity contribution >= 4 is 17.7 Å². The fourth-order valence-corrected chi connectivity index (χ4v) is 2.92. The van der Waals surface area contributed by atoms with E-state index in [2.05, 4.69) is 12.1 Å². The molecule has 1 fully saturated rings. The number of amides is 1. The molecule has 2 rings (SSSR count). The molecule has 0 saturated carbocycles. The molecule has 98 valence electrons. The molecule has 18 heavy (non-hydrogen) atoms. The fraction of sp³-hybridized carbons (Fsp3) is 0.500. The Morgan fingerprint density at radius 2 is 2.06 bits per heavy atom. The summed E-state index contributed by atoms with van der Waals surface area (Å²) in [7, 11) is 0. The Balaban J connectivity index is 1.60.